The van der Waals surface area contributed by atoms with Crippen molar-refractivity contribution >= 4 is 5.69 Å². The molecule has 5 N–H and O–H groups in total. The highest BCUT2D eigenvalue weighted by atomic mass is 16.3. The number of nitrogens with one attached hydrogen (secondary N) is 2. The van der Waals surface area contributed by atoms with Gasteiger partial charge in [-0.15, -0.1) is 0 Å². The van der Waals surface area contributed by atoms with Crippen LogP contribution >= 0.6 is 0 Å². The van der Waals surface area contributed by atoms with E-state index in [-0.39, 0.29) is 6.04 Å². The Labute approximate surface area is 116 Å². The maximum atomic E-state index is 9.95. The summed E-state index contributed by atoms with van der Waals surface area (Å²) in [6, 6.07) is 8.38. The Morgan fingerprint density at radius 3 is 2.32 bits per heavy atom. The summed E-state index contributed by atoms with van der Waals surface area (Å²) >= 11 is 0. The molecule has 2 atom stereocenters. The van der Waals surface area contributed by atoms with Crippen molar-refractivity contribution in [1.29, 1.82) is 0 Å². The predicted molar refractivity (Wildman–Crippen MR) is 81.0 cm³/mol. The highest BCUT2D eigenvalue weighted by molar-refractivity contribution is 5.45. The molecule has 0 fully saturated rings. The van der Waals surface area contributed by atoms with Crippen molar-refractivity contribution < 1.29 is 5.11 Å². The van der Waals surface area contributed by atoms with Crippen LogP contribution in [0.15, 0.2) is 24.3 Å². The summed E-state index contributed by atoms with van der Waals surface area (Å²) in [5.74, 6) is 0.520. The van der Waals surface area contributed by atoms with Crippen molar-refractivity contribution in [1.82, 2.24) is 5.32 Å². The first-order valence-electron chi connectivity index (χ1n) is 7.07. The Morgan fingerprint density at radius 1 is 1.21 bits per heavy atom. The van der Waals surface area contributed by atoms with Gasteiger partial charge in [0.2, 0.25) is 0 Å². The quantitative estimate of drug-likeness (QED) is 0.544. The number of nitrogens with two attached hydrogens (primary N) is 1. The number of rotatable bonds is 8. The third-order valence-corrected chi connectivity index (χ3v) is 3.28. The third kappa shape index (κ3) is 5.59. The average Bonchev–Trinajstić information content (AvgIpc) is 2.38. The minimum atomic E-state index is -0.749. The first-order valence-corrected chi connectivity index (χ1v) is 7.07. The average molecular weight is 265 g/mol. The molecule has 0 aliphatic rings. The summed E-state index contributed by atoms with van der Waals surface area (Å²) in [6.45, 7) is 7.04. The molecule has 108 valence electrons. The van der Waals surface area contributed by atoms with Gasteiger partial charge in [0.1, 0.15) is 0 Å². The molecular formula is C15H27N3O. The first kappa shape index (κ1) is 16.0. The second kappa shape index (κ2) is 8.15. The van der Waals surface area contributed by atoms with E-state index in [0.29, 0.717) is 12.5 Å². The first-order chi connectivity index (χ1) is 9.06. The van der Waals surface area contributed by atoms with Crippen molar-refractivity contribution in [2.24, 2.45) is 5.73 Å². The van der Waals surface area contributed by atoms with Crippen molar-refractivity contribution in [2.45, 2.75) is 51.9 Å². The molecule has 0 aromatic heterocycles. The van der Waals surface area contributed by atoms with E-state index in [4.69, 9.17) is 5.73 Å². The molecule has 4 nitrogen and oxygen atoms in total. The van der Waals surface area contributed by atoms with Crippen LogP contribution < -0.4 is 16.4 Å². The molecule has 0 saturated carbocycles. The van der Waals surface area contributed by atoms with Crippen LogP contribution in [0.3, 0.4) is 0 Å². The lowest BCUT2D eigenvalue weighted by atomic mass is 10.0. The molecule has 0 heterocycles. The molecule has 0 saturated heterocycles. The standard InChI is InChI=1S/C15H27N3O/c1-4-13(9-10-16)17-15(19)18-14-7-5-12(6-8-14)11(2)3/h5-8,11,13,15,17-19H,4,9-10,16H2,1-3H3. The topological polar surface area (TPSA) is 70.3 Å². The van der Waals surface area contributed by atoms with Gasteiger partial charge in [-0.3, -0.25) is 5.32 Å². The number of aliphatic hydroxyl groups is 1. The molecule has 0 radical (unpaired) electrons. The van der Waals surface area contributed by atoms with E-state index in [1.54, 1.807) is 0 Å². The van der Waals surface area contributed by atoms with Crippen molar-refractivity contribution in [3.63, 3.8) is 0 Å². The molecule has 0 aliphatic carbocycles. The van der Waals surface area contributed by atoms with E-state index in [1.807, 2.05) is 12.1 Å². The second-order valence-electron chi connectivity index (χ2n) is 5.17. The van der Waals surface area contributed by atoms with Gasteiger partial charge in [-0.2, -0.15) is 0 Å². The monoisotopic (exact) mass is 265 g/mol. The van der Waals surface area contributed by atoms with E-state index >= 15 is 0 Å². The Morgan fingerprint density at radius 2 is 1.84 bits per heavy atom. The van der Waals surface area contributed by atoms with Gasteiger partial charge in [0.15, 0.2) is 6.35 Å². The number of hydrogen-bond donors (Lipinski definition) is 4. The molecule has 4 heteroatoms. The zero-order valence-electron chi connectivity index (χ0n) is 12.2. The maximum Gasteiger partial charge on any atom is 0.181 e. The molecule has 1 rings (SSSR count). The number of hydrogen-bond acceptors (Lipinski definition) is 4. The molecule has 0 spiro atoms. The summed E-state index contributed by atoms with van der Waals surface area (Å²) < 4.78 is 0. The zero-order valence-corrected chi connectivity index (χ0v) is 12.2. The highest BCUT2D eigenvalue weighted by Crippen LogP contribution is 2.17. The number of anilines is 1. The fraction of sp³-hybridized carbons (Fsp3) is 0.600. The van der Waals surface area contributed by atoms with E-state index < -0.39 is 6.35 Å². The van der Waals surface area contributed by atoms with Crippen LogP contribution in [-0.2, 0) is 0 Å². The van der Waals surface area contributed by atoms with Crippen LogP contribution in [0.5, 0.6) is 0 Å². The normalized spacial score (nSPS) is 14.4. The van der Waals surface area contributed by atoms with Crippen LogP contribution in [0.4, 0.5) is 5.69 Å². The molecule has 2 unspecified atom stereocenters. The lowest BCUT2D eigenvalue weighted by molar-refractivity contribution is 0.145. The van der Waals surface area contributed by atoms with Gasteiger partial charge >= 0.3 is 0 Å². The van der Waals surface area contributed by atoms with Crippen LogP contribution in [0.2, 0.25) is 0 Å². The van der Waals surface area contributed by atoms with Gasteiger partial charge in [0.25, 0.3) is 0 Å². The smallest absolute Gasteiger partial charge is 0.181 e. The Hall–Kier alpha value is -1.10. The lowest BCUT2D eigenvalue weighted by Crippen LogP contribution is -2.43. The Balaban J connectivity index is 2.49. The van der Waals surface area contributed by atoms with Crippen LogP contribution in [-0.4, -0.2) is 24.0 Å². The van der Waals surface area contributed by atoms with Gasteiger partial charge in [-0.05, 0) is 43.0 Å². The fourth-order valence-electron chi connectivity index (χ4n) is 1.99. The van der Waals surface area contributed by atoms with Crippen LogP contribution in [0, 0.1) is 0 Å². The van der Waals surface area contributed by atoms with Crippen LogP contribution in [0.25, 0.3) is 0 Å². The summed E-state index contributed by atoms with van der Waals surface area (Å²) in [5.41, 5.74) is 7.74. The van der Waals surface area contributed by atoms with Gasteiger partial charge in [-0.1, -0.05) is 32.9 Å². The van der Waals surface area contributed by atoms with Crippen molar-refractivity contribution in [3.8, 4) is 0 Å². The van der Waals surface area contributed by atoms with Gasteiger partial charge in [0, 0.05) is 11.7 Å². The highest BCUT2D eigenvalue weighted by Gasteiger charge is 2.10. The molecule has 0 amide bonds. The molecule has 1 aromatic carbocycles. The van der Waals surface area contributed by atoms with Crippen molar-refractivity contribution in [2.75, 3.05) is 11.9 Å². The van der Waals surface area contributed by atoms with Gasteiger partial charge < -0.3 is 16.2 Å². The third-order valence-electron chi connectivity index (χ3n) is 3.28. The molecule has 19 heavy (non-hydrogen) atoms. The molecular weight excluding hydrogens is 238 g/mol. The molecule has 0 aliphatic heterocycles. The SMILES string of the molecule is CCC(CCN)NC(O)Nc1ccc(C(C)C)cc1. The summed E-state index contributed by atoms with van der Waals surface area (Å²) in [6.07, 6.45) is 1.06. The summed E-state index contributed by atoms with van der Waals surface area (Å²) in [7, 11) is 0. The van der Waals surface area contributed by atoms with E-state index in [9.17, 15) is 5.11 Å². The predicted octanol–water partition coefficient (Wildman–Crippen LogP) is 2.21. The van der Waals surface area contributed by atoms with Crippen molar-refractivity contribution in [3.05, 3.63) is 29.8 Å². The fourth-order valence-corrected chi connectivity index (χ4v) is 1.99. The minimum absolute atomic E-state index is 0.238. The second-order valence-corrected chi connectivity index (χ2v) is 5.17. The van der Waals surface area contributed by atoms with Crippen LogP contribution in [0.1, 0.15) is 45.1 Å². The Bertz CT molecular complexity index is 351. The summed E-state index contributed by atoms with van der Waals surface area (Å²) in [4.78, 5) is 0. The van der Waals surface area contributed by atoms with E-state index in [2.05, 4.69) is 43.5 Å². The molecule has 1 aromatic rings. The maximum absolute atomic E-state index is 9.95. The minimum Gasteiger partial charge on any atom is -0.361 e. The van der Waals surface area contributed by atoms with E-state index in [1.165, 1.54) is 5.56 Å². The molecule has 0 bridgehead atoms. The number of benzene rings is 1. The Kier molecular flexibility index (Phi) is 6.84. The summed E-state index contributed by atoms with van der Waals surface area (Å²) in [5, 5.41) is 16.1. The number of aliphatic hydroxyl groups excluding tert-OH is 1. The zero-order chi connectivity index (χ0) is 14.3. The van der Waals surface area contributed by atoms with Gasteiger partial charge in [0.05, 0.1) is 0 Å². The largest absolute Gasteiger partial charge is 0.361 e. The van der Waals surface area contributed by atoms with E-state index in [0.717, 1.165) is 18.5 Å². The lowest BCUT2D eigenvalue weighted by Gasteiger charge is -2.22. The van der Waals surface area contributed by atoms with Gasteiger partial charge in [-0.25, -0.2) is 0 Å².